The Morgan fingerprint density at radius 1 is 0.621 bits per heavy atom. The summed E-state index contributed by atoms with van der Waals surface area (Å²) < 4.78 is 55.1. The van der Waals surface area contributed by atoms with Crippen molar-refractivity contribution in [2.24, 2.45) is 23.7 Å². The number of carbonyl (C=O) groups is 4. The molecule has 0 bridgehead atoms. The lowest BCUT2D eigenvalue weighted by molar-refractivity contribution is -0.134. The minimum absolute atomic E-state index is 0.00403. The van der Waals surface area contributed by atoms with Crippen LogP contribution in [0.2, 0.25) is 0 Å². The molecule has 0 saturated carbocycles. The van der Waals surface area contributed by atoms with Crippen LogP contribution in [-0.2, 0) is 32.0 Å². The first-order valence-electron chi connectivity index (χ1n) is 24.6. The fraction of sp³-hybridized carbons (Fsp3) is 0.680. The van der Waals surface area contributed by atoms with E-state index >= 15 is 0 Å². The fourth-order valence-electron chi connectivity index (χ4n) is 10.2. The third-order valence-corrected chi connectivity index (χ3v) is 13.9. The highest BCUT2D eigenvalue weighted by Crippen LogP contribution is 2.31. The van der Waals surface area contributed by atoms with Crippen molar-refractivity contribution in [2.75, 3.05) is 39.3 Å². The molecule has 66 heavy (non-hydrogen) atoms. The lowest BCUT2D eigenvalue weighted by Gasteiger charge is -2.34. The number of carbonyl (C=O) groups excluding carboxylic acids is 4. The standard InChI is InChI=1S/2C25H37F2N3O3/c2*1-3-5-10-30-15-20(19(4-2)25(30)33)24(32)29-22(23(31)21-8-6-7-9-28-21)13-16-11-17(26)14-18(27)12-16/h2*11-12,14,19-23,28,31H,3-10,13,15H2,1-2H3,(H,29,32)/t19-,20?,21+,22-,23+;19-,20?,21-,22+,23-/m01/s1. The monoisotopic (exact) mass is 931 g/mol. The molecular formula is C50H74F4N6O6. The van der Waals surface area contributed by atoms with E-state index in [1.165, 1.54) is 24.3 Å². The van der Waals surface area contributed by atoms with E-state index in [9.17, 15) is 47.0 Å². The highest BCUT2D eigenvalue weighted by Gasteiger charge is 2.45. The van der Waals surface area contributed by atoms with Gasteiger partial charge in [0.2, 0.25) is 23.6 Å². The number of nitrogens with zero attached hydrogens (tertiary/aromatic N) is 2. The molecule has 368 valence electrons. The number of unbranched alkanes of at least 4 members (excludes halogenated alkanes) is 2. The molecule has 4 aliphatic rings. The first kappa shape index (κ1) is 52.8. The van der Waals surface area contributed by atoms with E-state index < -0.39 is 59.4 Å². The molecule has 10 atom stereocenters. The number of likely N-dealkylation sites (tertiary alicyclic amines) is 2. The van der Waals surface area contributed by atoms with Crippen LogP contribution in [0.4, 0.5) is 17.6 Å². The second-order valence-corrected chi connectivity index (χ2v) is 18.8. The number of benzene rings is 2. The third-order valence-electron chi connectivity index (χ3n) is 13.9. The minimum Gasteiger partial charge on any atom is -0.389 e. The molecule has 0 aliphatic carbocycles. The summed E-state index contributed by atoms with van der Waals surface area (Å²) in [6.07, 6.45) is 8.65. The number of hydrogen-bond donors (Lipinski definition) is 6. The molecule has 6 rings (SSSR count). The van der Waals surface area contributed by atoms with Crippen LogP contribution >= 0.6 is 0 Å². The van der Waals surface area contributed by atoms with Gasteiger partial charge in [-0.25, -0.2) is 17.6 Å². The summed E-state index contributed by atoms with van der Waals surface area (Å²) in [5.41, 5.74) is 0.735. The number of aliphatic hydroxyl groups is 2. The normalized spacial score (nSPS) is 25.2. The maximum Gasteiger partial charge on any atom is 0.226 e. The van der Waals surface area contributed by atoms with Crippen LogP contribution in [0.1, 0.15) is 116 Å². The van der Waals surface area contributed by atoms with Crippen molar-refractivity contribution in [2.45, 2.75) is 154 Å². The molecule has 2 aromatic rings. The van der Waals surface area contributed by atoms with E-state index in [4.69, 9.17) is 0 Å². The molecule has 4 aliphatic heterocycles. The van der Waals surface area contributed by atoms with E-state index in [1.54, 1.807) is 9.80 Å². The highest BCUT2D eigenvalue weighted by atomic mass is 19.1. The Bertz CT molecular complexity index is 1730. The van der Waals surface area contributed by atoms with Gasteiger partial charge in [-0.3, -0.25) is 19.2 Å². The van der Waals surface area contributed by atoms with Crippen molar-refractivity contribution in [1.29, 1.82) is 0 Å². The Balaban J connectivity index is 0.000000247. The molecule has 4 saturated heterocycles. The number of piperidine rings is 2. The van der Waals surface area contributed by atoms with Crippen molar-refractivity contribution >= 4 is 23.6 Å². The van der Waals surface area contributed by atoms with Crippen LogP contribution in [0.3, 0.4) is 0 Å². The average Bonchev–Trinajstić information content (AvgIpc) is 3.80. The smallest absolute Gasteiger partial charge is 0.226 e. The van der Waals surface area contributed by atoms with Gasteiger partial charge in [0.15, 0.2) is 0 Å². The van der Waals surface area contributed by atoms with Crippen molar-refractivity contribution in [1.82, 2.24) is 31.1 Å². The number of hydrogen-bond acceptors (Lipinski definition) is 8. The average molecular weight is 931 g/mol. The topological polar surface area (TPSA) is 163 Å². The zero-order valence-electron chi connectivity index (χ0n) is 39.3. The molecule has 12 nitrogen and oxygen atoms in total. The predicted octanol–water partition coefficient (Wildman–Crippen LogP) is 5.56. The Morgan fingerprint density at radius 3 is 1.29 bits per heavy atom. The predicted molar refractivity (Wildman–Crippen MR) is 245 cm³/mol. The largest absolute Gasteiger partial charge is 0.389 e. The lowest BCUT2D eigenvalue weighted by Crippen LogP contribution is -2.56. The van der Waals surface area contributed by atoms with Crippen molar-refractivity contribution in [3.05, 3.63) is 70.8 Å². The van der Waals surface area contributed by atoms with Gasteiger partial charge in [-0.2, -0.15) is 0 Å². The first-order chi connectivity index (χ1) is 31.7. The van der Waals surface area contributed by atoms with Gasteiger partial charge in [-0.15, -0.1) is 0 Å². The van der Waals surface area contributed by atoms with Gasteiger partial charge in [0.1, 0.15) is 23.3 Å². The second-order valence-electron chi connectivity index (χ2n) is 18.8. The SMILES string of the molecule is CCCCN1CC(C(=O)N[C@@H](Cc2cc(F)cc(F)c2)[C@H](O)[C@H]2CCCCN2)[C@@H](CC)C1=O.CCCCN1CC(C(=O)N[C@@H](Cc2cc(F)cc(F)c2)[C@H](O)[C@H]2CCCCN2)[C@H](CC)C1=O. The van der Waals surface area contributed by atoms with Crippen molar-refractivity contribution in [3.63, 3.8) is 0 Å². The molecule has 6 N–H and O–H groups in total. The second kappa shape index (κ2) is 25.9. The van der Waals surface area contributed by atoms with Gasteiger partial charge in [-0.05, 0) is 113 Å². The Hall–Kier alpha value is -4.12. The lowest BCUT2D eigenvalue weighted by atomic mass is 9.89. The number of rotatable bonds is 20. The molecule has 4 amide bonds. The molecule has 2 aromatic carbocycles. The highest BCUT2D eigenvalue weighted by molar-refractivity contribution is 5.92. The summed E-state index contributed by atoms with van der Waals surface area (Å²) in [5.74, 6) is -5.13. The number of halogens is 4. The van der Waals surface area contributed by atoms with Crippen LogP contribution in [-0.4, -0.2) is 119 Å². The summed E-state index contributed by atoms with van der Waals surface area (Å²) in [4.78, 5) is 55.8. The van der Waals surface area contributed by atoms with E-state index in [2.05, 4.69) is 35.1 Å². The molecule has 0 radical (unpaired) electrons. The summed E-state index contributed by atoms with van der Waals surface area (Å²) in [6, 6.07) is 4.62. The van der Waals surface area contributed by atoms with Crippen LogP contribution in [0.15, 0.2) is 36.4 Å². The molecule has 0 spiro atoms. The number of nitrogens with one attached hydrogen (secondary N) is 4. The number of amides is 4. The van der Waals surface area contributed by atoms with E-state index in [0.29, 0.717) is 50.1 Å². The van der Waals surface area contributed by atoms with Crippen LogP contribution in [0, 0.1) is 46.9 Å². The molecular weight excluding hydrogens is 857 g/mol. The maximum atomic E-state index is 13.8. The van der Waals surface area contributed by atoms with Crippen LogP contribution < -0.4 is 21.3 Å². The van der Waals surface area contributed by atoms with Crippen molar-refractivity contribution < 1.29 is 47.0 Å². The summed E-state index contributed by atoms with van der Waals surface area (Å²) >= 11 is 0. The van der Waals surface area contributed by atoms with Gasteiger partial charge in [0.05, 0.1) is 48.0 Å². The fourth-order valence-corrected chi connectivity index (χ4v) is 10.2. The van der Waals surface area contributed by atoms with Crippen molar-refractivity contribution in [3.8, 4) is 0 Å². The van der Waals surface area contributed by atoms with Crippen LogP contribution in [0.25, 0.3) is 0 Å². The number of aliphatic hydroxyl groups excluding tert-OH is 2. The molecule has 2 unspecified atom stereocenters. The van der Waals surface area contributed by atoms with Gasteiger partial charge in [0.25, 0.3) is 0 Å². The quantitative estimate of drug-likeness (QED) is 0.0942. The Morgan fingerprint density at radius 2 is 0.985 bits per heavy atom. The van der Waals surface area contributed by atoms with Crippen LogP contribution in [0.5, 0.6) is 0 Å². The molecule has 0 aromatic heterocycles. The molecule has 4 fully saturated rings. The van der Waals surface area contributed by atoms with Gasteiger partial charge < -0.3 is 41.3 Å². The zero-order chi connectivity index (χ0) is 47.9. The van der Waals surface area contributed by atoms with Gasteiger partial charge in [-0.1, -0.05) is 53.4 Å². The molecule has 16 heteroatoms. The maximum absolute atomic E-state index is 13.8. The Kier molecular flexibility index (Phi) is 20.7. The third kappa shape index (κ3) is 14.4. The summed E-state index contributed by atoms with van der Waals surface area (Å²) in [7, 11) is 0. The van der Waals surface area contributed by atoms with E-state index in [0.717, 1.165) is 89.4 Å². The summed E-state index contributed by atoms with van der Waals surface area (Å²) in [5, 5.41) is 34.7. The van der Waals surface area contributed by atoms with Gasteiger partial charge >= 0.3 is 0 Å². The van der Waals surface area contributed by atoms with E-state index in [1.807, 2.05) is 13.8 Å². The minimum atomic E-state index is -0.922. The Labute approximate surface area is 388 Å². The molecule has 4 heterocycles. The van der Waals surface area contributed by atoms with E-state index in [-0.39, 0.29) is 60.4 Å². The summed E-state index contributed by atoms with van der Waals surface area (Å²) in [6.45, 7) is 11.5. The zero-order valence-corrected chi connectivity index (χ0v) is 39.3. The van der Waals surface area contributed by atoms with Gasteiger partial charge in [0, 0.05) is 50.4 Å². The first-order valence-corrected chi connectivity index (χ1v) is 24.6.